The number of anilines is 1. The summed E-state index contributed by atoms with van der Waals surface area (Å²) < 4.78 is 47.7. The van der Waals surface area contributed by atoms with Gasteiger partial charge in [-0.1, -0.05) is 66.2 Å². The fourth-order valence-electron chi connectivity index (χ4n) is 5.72. The number of hydrogen-bond donors (Lipinski definition) is 0. The Labute approximate surface area is 208 Å². The molecule has 0 saturated carbocycles. The van der Waals surface area contributed by atoms with E-state index in [1.165, 1.54) is 18.2 Å². The number of hydrogen-bond acceptors (Lipinski definition) is 5. The van der Waals surface area contributed by atoms with Crippen LogP contribution in [-0.4, -0.2) is 29.0 Å². The monoisotopic (exact) mass is 505 g/mol. The zero-order chi connectivity index (χ0) is 26.3. The van der Waals surface area contributed by atoms with Crippen molar-refractivity contribution in [1.82, 2.24) is 0 Å². The molecule has 1 spiro atoms. The summed E-state index contributed by atoms with van der Waals surface area (Å²) in [6.07, 6.45) is -6.05. The second-order valence-electron chi connectivity index (χ2n) is 9.42. The summed E-state index contributed by atoms with van der Waals surface area (Å²) in [6, 6.07) is 17.0. The molecule has 2 fully saturated rings. The minimum absolute atomic E-state index is 0.0465. The van der Waals surface area contributed by atoms with Crippen molar-refractivity contribution in [2.24, 2.45) is 11.8 Å². The van der Waals surface area contributed by atoms with Gasteiger partial charge < -0.3 is 4.74 Å². The highest BCUT2D eigenvalue weighted by atomic mass is 19.4. The number of carbonyl (C=O) groups excluding carboxylic acids is 4. The summed E-state index contributed by atoms with van der Waals surface area (Å²) in [5, 5.41) is 0. The Kier molecular flexibility index (Phi) is 4.84. The Morgan fingerprint density at radius 3 is 1.95 bits per heavy atom. The van der Waals surface area contributed by atoms with Crippen LogP contribution >= 0.6 is 0 Å². The van der Waals surface area contributed by atoms with Crippen molar-refractivity contribution in [1.29, 1.82) is 0 Å². The van der Waals surface area contributed by atoms with Crippen LogP contribution in [0.15, 0.2) is 72.8 Å². The first-order chi connectivity index (χ1) is 17.6. The van der Waals surface area contributed by atoms with Crippen LogP contribution in [0.25, 0.3) is 0 Å². The molecule has 3 aromatic carbocycles. The Morgan fingerprint density at radius 2 is 1.35 bits per heavy atom. The van der Waals surface area contributed by atoms with Gasteiger partial charge in [-0.3, -0.25) is 19.2 Å². The lowest BCUT2D eigenvalue weighted by Crippen LogP contribution is -2.51. The van der Waals surface area contributed by atoms with E-state index in [2.05, 4.69) is 0 Å². The lowest BCUT2D eigenvalue weighted by molar-refractivity contribution is -0.137. The van der Waals surface area contributed by atoms with Crippen molar-refractivity contribution >= 4 is 29.1 Å². The van der Waals surface area contributed by atoms with Crippen molar-refractivity contribution in [3.8, 4) is 0 Å². The Morgan fingerprint density at radius 1 is 0.784 bits per heavy atom. The summed E-state index contributed by atoms with van der Waals surface area (Å²) in [4.78, 5) is 55.6. The second-order valence-corrected chi connectivity index (χ2v) is 9.42. The number of halogens is 3. The summed E-state index contributed by atoms with van der Waals surface area (Å²) in [7, 11) is 0. The highest BCUT2D eigenvalue weighted by Gasteiger charge is 2.75. The van der Waals surface area contributed by atoms with E-state index in [9.17, 15) is 32.3 Å². The highest BCUT2D eigenvalue weighted by molar-refractivity contribution is 6.37. The minimum Gasteiger partial charge on any atom is -0.349 e. The molecule has 2 aliphatic heterocycles. The quantitative estimate of drug-likeness (QED) is 0.372. The van der Waals surface area contributed by atoms with Crippen LogP contribution in [0.1, 0.15) is 43.5 Å². The van der Waals surface area contributed by atoms with E-state index in [1.54, 1.807) is 36.4 Å². The molecule has 2 saturated heterocycles. The molecule has 0 unspecified atom stereocenters. The fourth-order valence-corrected chi connectivity index (χ4v) is 5.72. The zero-order valence-electron chi connectivity index (χ0n) is 19.3. The number of ether oxygens (including phenoxy) is 1. The number of benzene rings is 3. The number of aryl methyl sites for hydroxylation is 1. The van der Waals surface area contributed by atoms with Crippen molar-refractivity contribution in [2.75, 3.05) is 4.90 Å². The predicted octanol–water partition coefficient (Wildman–Crippen LogP) is 4.71. The van der Waals surface area contributed by atoms with Crippen LogP contribution in [0.5, 0.6) is 0 Å². The molecule has 0 aromatic heterocycles. The molecule has 37 heavy (non-hydrogen) atoms. The molecular formula is C28H18F3NO5. The van der Waals surface area contributed by atoms with Crippen LogP contribution in [0, 0.1) is 18.8 Å². The molecule has 9 heteroatoms. The first-order valence-electron chi connectivity index (χ1n) is 11.5. The molecule has 0 N–H and O–H groups in total. The molecule has 0 radical (unpaired) electrons. The summed E-state index contributed by atoms with van der Waals surface area (Å²) in [5.74, 6) is -6.57. The van der Waals surface area contributed by atoms with E-state index >= 15 is 0 Å². The summed E-state index contributed by atoms with van der Waals surface area (Å²) in [6.45, 7) is 1.84. The number of rotatable bonds is 2. The molecule has 1 aliphatic carbocycles. The number of para-hydroxylation sites is 1. The molecule has 3 atom stereocenters. The Balaban J connectivity index is 1.56. The first kappa shape index (κ1) is 23.3. The number of imide groups is 1. The number of ketones is 2. The van der Waals surface area contributed by atoms with Gasteiger partial charge in [0.05, 0.1) is 29.2 Å². The number of amides is 2. The molecule has 0 bridgehead atoms. The zero-order valence-corrected chi connectivity index (χ0v) is 19.3. The van der Waals surface area contributed by atoms with E-state index in [4.69, 9.17) is 4.74 Å². The normalized spacial score (nSPS) is 24.2. The molecular weight excluding hydrogens is 487 g/mol. The molecule has 6 rings (SSSR count). The Hall–Kier alpha value is -4.11. The third kappa shape index (κ3) is 3.03. The van der Waals surface area contributed by atoms with Gasteiger partial charge in [0.1, 0.15) is 0 Å². The number of nitrogens with zero attached hydrogens (tertiary/aromatic N) is 1. The van der Waals surface area contributed by atoms with Gasteiger partial charge in [0, 0.05) is 11.1 Å². The van der Waals surface area contributed by atoms with Crippen molar-refractivity contribution < 1.29 is 37.1 Å². The maximum absolute atomic E-state index is 13.9. The van der Waals surface area contributed by atoms with E-state index in [-0.39, 0.29) is 11.1 Å². The average molecular weight is 505 g/mol. The van der Waals surface area contributed by atoms with E-state index < -0.39 is 64.3 Å². The summed E-state index contributed by atoms with van der Waals surface area (Å²) >= 11 is 0. The van der Waals surface area contributed by atoms with Crippen LogP contribution in [0.3, 0.4) is 0 Å². The summed E-state index contributed by atoms with van der Waals surface area (Å²) in [5.41, 5.74) is -2.75. The van der Waals surface area contributed by atoms with E-state index in [0.717, 1.165) is 23.8 Å². The number of fused-ring (bicyclic) bond motifs is 3. The molecule has 6 nitrogen and oxygen atoms in total. The molecule has 2 amide bonds. The van der Waals surface area contributed by atoms with Gasteiger partial charge in [-0.2, -0.15) is 13.2 Å². The standard InChI is InChI=1S/C28H18F3NO5/c1-14-10-12-15(13-11-14)22-20-21(27(37-22)23(33)16-6-2-3-7-17(16)24(27)34)26(36)32(25(20)35)19-9-5-4-8-18(19)28(29,30)31/h2-13,20-22H,1H3/t20-,21-,22+/m1/s1. The number of carbonyl (C=O) groups is 4. The second kappa shape index (κ2) is 7.69. The lowest BCUT2D eigenvalue weighted by atomic mass is 9.77. The number of Topliss-reactive ketones (excluding diaryl/α,β-unsaturated/α-hetero) is 2. The highest BCUT2D eigenvalue weighted by Crippen LogP contribution is 2.58. The predicted molar refractivity (Wildman–Crippen MR) is 124 cm³/mol. The molecule has 2 heterocycles. The van der Waals surface area contributed by atoms with Crippen molar-refractivity contribution in [3.05, 3.63) is 101 Å². The van der Waals surface area contributed by atoms with Crippen LogP contribution in [0.2, 0.25) is 0 Å². The van der Waals surface area contributed by atoms with E-state index in [0.29, 0.717) is 10.5 Å². The van der Waals surface area contributed by atoms with E-state index in [1.807, 2.05) is 6.92 Å². The molecule has 3 aliphatic rings. The molecule has 186 valence electrons. The fraction of sp³-hybridized carbons (Fsp3) is 0.214. The van der Waals surface area contributed by atoms with Gasteiger partial charge >= 0.3 is 6.18 Å². The third-order valence-electron chi connectivity index (χ3n) is 7.38. The number of alkyl halides is 3. The van der Waals surface area contributed by atoms with Gasteiger partial charge in [0.15, 0.2) is 0 Å². The Bertz CT molecular complexity index is 1480. The van der Waals surface area contributed by atoms with Gasteiger partial charge in [0.25, 0.3) is 0 Å². The third-order valence-corrected chi connectivity index (χ3v) is 7.38. The SMILES string of the molecule is Cc1ccc([C@@H]2OC3(C(=O)c4ccccc4C3=O)[C@H]3C(=O)N(c4ccccc4C(F)(F)F)C(=O)[C@@H]23)cc1. The van der Waals surface area contributed by atoms with Crippen molar-refractivity contribution in [2.45, 2.75) is 24.8 Å². The van der Waals surface area contributed by atoms with Crippen molar-refractivity contribution in [3.63, 3.8) is 0 Å². The largest absolute Gasteiger partial charge is 0.418 e. The van der Waals surface area contributed by atoms with Gasteiger partial charge in [0.2, 0.25) is 29.0 Å². The van der Waals surface area contributed by atoms with Crippen LogP contribution < -0.4 is 4.90 Å². The topological polar surface area (TPSA) is 80.8 Å². The first-order valence-corrected chi connectivity index (χ1v) is 11.5. The smallest absolute Gasteiger partial charge is 0.349 e. The maximum atomic E-state index is 13.9. The average Bonchev–Trinajstić information content (AvgIpc) is 3.44. The van der Waals surface area contributed by atoms with Gasteiger partial charge in [-0.05, 0) is 24.6 Å². The maximum Gasteiger partial charge on any atom is 0.418 e. The lowest BCUT2D eigenvalue weighted by Gasteiger charge is -2.28. The van der Waals surface area contributed by atoms with Gasteiger partial charge in [-0.15, -0.1) is 0 Å². The minimum atomic E-state index is -4.85. The molecule has 3 aromatic rings. The van der Waals surface area contributed by atoms with Crippen LogP contribution in [0.4, 0.5) is 18.9 Å². The van der Waals surface area contributed by atoms with Crippen LogP contribution in [-0.2, 0) is 20.5 Å². The van der Waals surface area contributed by atoms with Gasteiger partial charge in [-0.25, -0.2) is 4.90 Å².